The Morgan fingerprint density at radius 2 is 2.04 bits per heavy atom. The molecule has 1 amide bonds. The van der Waals surface area contributed by atoms with Crippen LogP contribution in [0, 0.1) is 12.8 Å². The van der Waals surface area contributed by atoms with Crippen LogP contribution in [0.4, 0.5) is 5.95 Å². The molecule has 2 rings (SSSR count). The fourth-order valence-corrected chi connectivity index (χ4v) is 2.38. The average molecular weight is 347 g/mol. The highest BCUT2D eigenvalue weighted by Crippen LogP contribution is 2.11. The zero-order chi connectivity index (χ0) is 17.5. The largest absolute Gasteiger partial charge is 0.354 e. The number of carbonyl (C=O) groups excluding carboxylic acids is 1. The van der Waals surface area contributed by atoms with Gasteiger partial charge in [-0.25, -0.2) is 9.97 Å². The van der Waals surface area contributed by atoms with Crippen LogP contribution < -0.4 is 10.6 Å². The third kappa shape index (κ3) is 5.81. The van der Waals surface area contributed by atoms with Crippen molar-refractivity contribution in [3.8, 4) is 0 Å². The van der Waals surface area contributed by atoms with Crippen molar-refractivity contribution >= 4 is 23.5 Å². The SMILES string of the molecule is Cc1cc(C(=O)NCC(C)C)nc(NCCc2cccc(Cl)c2)n1. The number of nitrogens with zero attached hydrogens (tertiary/aromatic N) is 2. The highest BCUT2D eigenvalue weighted by Gasteiger charge is 2.10. The van der Waals surface area contributed by atoms with Crippen molar-refractivity contribution < 1.29 is 4.79 Å². The predicted molar refractivity (Wildman–Crippen MR) is 97.6 cm³/mol. The van der Waals surface area contributed by atoms with Gasteiger partial charge < -0.3 is 10.6 Å². The van der Waals surface area contributed by atoms with Gasteiger partial charge in [-0.2, -0.15) is 0 Å². The molecule has 1 aromatic carbocycles. The average Bonchev–Trinajstić information content (AvgIpc) is 2.52. The number of halogens is 1. The van der Waals surface area contributed by atoms with E-state index in [9.17, 15) is 4.79 Å². The smallest absolute Gasteiger partial charge is 0.270 e. The number of nitrogens with one attached hydrogen (secondary N) is 2. The molecule has 0 aliphatic carbocycles. The minimum absolute atomic E-state index is 0.174. The number of benzene rings is 1. The van der Waals surface area contributed by atoms with E-state index in [0.29, 0.717) is 30.6 Å². The van der Waals surface area contributed by atoms with E-state index in [4.69, 9.17) is 11.6 Å². The van der Waals surface area contributed by atoms with Gasteiger partial charge in [-0.1, -0.05) is 37.6 Å². The molecule has 0 aliphatic rings. The first-order chi connectivity index (χ1) is 11.4. The molecule has 0 aliphatic heterocycles. The molecular formula is C18H23ClN4O. The van der Waals surface area contributed by atoms with Crippen LogP contribution in [0.2, 0.25) is 5.02 Å². The number of hydrogen-bond acceptors (Lipinski definition) is 4. The molecule has 2 aromatic rings. The lowest BCUT2D eigenvalue weighted by atomic mass is 10.1. The summed E-state index contributed by atoms with van der Waals surface area (Å²) in [5.74, 6) is 0.686. The van der Waals surface area contributed by atoms with E-state index in [1.54, 1.807) is 6.07 Å². The van der Waals surface area contributed by atoms with Crippen LogP contribution in [-0.2, 0) is 6.42 Å². The number of rotatable bonds is 7. The number of hydrogen-bond donors (Lipinski definition) is 2. The molecule has 0 saturated heterocycles. The second-order valence-electron chi connectivity index (χ2n) is 6.13. The zero-order valence-corrected chi connectivity index (χ0v) is 15.0. The summed E-state index contributed by atoms with van der Waals surface area (Å²) in [6, 6.07) is 9.43. The Morgan fingerprint density at radius 1 is 1.25 bits per heavy atom. The lowest BCUT2D eigenvalue weighted by Gasteiger charge is -2.10. The fraction of sp³-hybridized carbons (Fsp3) is 0.389. The second-order valence-corrected chi connectivity index (χ2v) is 6.57. The minimum Gasteiger partial charge on any atom is -0.354 e. The van der Waals surface area contributed by atoms with E-state index in [2.05, 4.69) is 20.6 Å². The molecule has 1 heterocycles. The number of amides is 1. The molecule has 0 spiro atoms. The van der Waals surface area contributed by atoms with Gasteiger partial charge in [0.05, 0.1) is 0 Å². The predicted octanol–water partition coefficient (Wildman–Crippen LogP) is 3.48. The van der Waals surface area contributed by atoms with Gasteiger partial charge in [-0.15, -0.1) is 0 Å². The summed E-state index contributed by atoms with van der Waals surface area (Å²) in [6.45, 7) is 7.24. The van der Waals surface area contributed by atoms with Gasteiger partial charge in [0.2, 0.25) is 5.95 Å². The molecule has 128 valence electrons. The maximum atomic E-state index is 12.1. The second kappa shape index (κ2) is 8.64. The molecule has 0 radical (unpaired) electrons. The van der Waals surface area contributed by atoms with E-state index in [-0.39, 0.29) is 5.91 Å². The lowest BCUT2D eigenvalue weighted by molar-refractivity contribution is 0.0944. The van der Waals surface area contributed by atoms with Gasteiger partial charge >= 0.3 is 0 Å². The third-order valence-corrected chi connectivity index (χ3v) is 3.58. The molecule has 2 N–H and O–H groups in total. The third-order valence-electron chi connectivity index (χ3n) is 3.34. The van der Waals surface area contributed by atoms with Crippen LogP contribution in [0.3, 0.4) is 0 Å². The summed E-state index contributed by atoms with van der Waals surface area (Å²) >= 11 is 5.98. The van der Waals surface area contributed by atoms with Crippen LogP contribution in [0.1, 0.15) is 35.6 Å². The van der Waals surface area contributed by atoms with Crippen LogP contribution in [0.5, 0.6) is 0 Å². The summed E-state index contributed by atoms with van der Waals surface area (Å²) < 4.78 is 0. The zero-order valence-electron chi connectivity index (χ0n) is 14.3. The number of anilines is 1. The standard InChI is InChI=1S/C18H23ClN4O/c1-12(2)11-21-17(24)16-9-13(3)22-18(23-16)20-8-7-14-5-4-6-15(19)10-14/h4-6,9-10,12H,7-8,11H2,1-3H3,(H,21,24)(H,20,22,23). The lowest BCUT2D eigenvalue weighted by Crippen LogP contribution is -2.28. The minimum atomic E-state index is -0.174. The van der Waals surface area contributed by atoms with E-state index in [0.717, 1.165) is 22.7 Å². The van der Waals surface area contributed by atoms with Crippen molar-refractivity contribution in [3.63, 3.8) is 0 Å². The van der Waals surface area contributed by atoms with Gasteiger partial charge in [-0.05, 0) is 43.0 Å². The molecule has 0 unspecified atom stereocenters. The van der Waals surface area contributed by atoms with Gasteiger partial charge in [0.25, 0.3) is 5.91 Å². The first kappa shape index (κ1) is 18.2. The number of carbonyl (C=O) groups is 1. The van der Waals surface area contributed by atoms with E-state index < -0.39 is 0 Å². The van der Waals surface area contributed by atoms with Crippen LogP contribution in [-0.4, -0.2) is 29.0 Å². The van der Waals surface area contributed by atoms with Crippen molar-refractivity contribution in [3.05, 3.63) is 52.3 Å². The summed E-state index contributed by atoms with van der Waals surface area (Å²) in [7, 11) is 0. The molecule has 1 aromatic heterocycles. The molecule has 0 saturated carbocycles. The Morgan fingerprint density at radius 3 is 2.75 bits per heavy atom. The summed E-state index contributed by atoms with van der Waals surface area (Å²) in [4.78, 5) is 20.8. The van der Waals surface area contributed by atoms with Gasteiger partial charge in [-0.3, -0.25) is 4.79 Å². The Balaban J connectivity index is 1.96. The molecule has 0 bridgehead atoms. The summed E-state index contributed by atoms with van der Waals surface area (Å²) in [6.07, 6.45) is 0.798. The highest BCUT2D eigenvalue weighted by atomic mass is 35.5. The number of aryl methyl sites for hydroxylation is 1. The highest BCUT2D eigenvalue weighted by molar-refractivity contribution is 6.30. The molecule has 6 heteroatoms. The maximum absolute atomic E-state index is 12.1. The summed E-state index contributed by atoms with van der Waals surface area (Å²) in [5, 5.41) is 6.76. The molecule has 0 fully saturated rings. The summed E-state index contributed by atoms with van der Waals surface area (Å²) in [5.41, 5.74) is 2.27. The van der Waals surface area contributed by atoms with Crippen molar-refractivity contribution in [2.75, 3.05) is 18.4 Å². The Kier molecular flexibility index (Phi) is 6.55. The monoisotopic (exact) mass is 346 g/mol. The first-order valence-electron chi connectivity index (χ1n) is 8.06. The maximum Gasteiger partial charge on any atom is 0.270 e. The Bertz CT molecular complexity index is 703. The van der Waals surface area contributed by atoms with Crippen molar-refractivity contribution in [1.29, 1.82) is 0 Å². The van der Waals surface area contributed by atoms with E-state index in [1.165, 1.54) is 0 Å². The van der Waals surface area contributed by atoms with E-state index in [1.807, 2.05) is 45.0 Å². The Labute approximate surface area is 147 Å². The molecule has 0 atom stereocenters. The van der Waals surface area contributed by atoms with Crippen molar-refractivity contribution in [1.82, 2.24) is 15.3 Å². The topological polar surface area (TPSA) is 66.9 Å². The Hall–Kier alpha value is -2.14. The van der Waals surface area contributed by atoms with E-state index >= 15 is 0 Å². The van der Waals surface area contributed by atoms with Gasteiger partial charge in [0.1, 0.15) is 5.69 Å². The number of aromatic nitrogens is 2. The molecule has 5 nitrogen and oxygen atoms in total. The van der Waals surface area contributed by atoms with Gasteiger partial charge in [0.15, 0.2) is 0 Å². The molecule has 24 heavy (non-hydrogen) atoms. The van der Waals surface area contributed by atoms with Crippen LogP contribution in [0.25, 0.3) is 0 Å². The van der Waals surface area contributed by atoms with Crippen LogP contribution >= 0.6 is 11.6 Å². The normalized spacial score (nSPS) is 10.7. The van der Waals surface area contributed by atoms with Crippen molar-refractivity contribution in [2.24, 2.45) is 5.92 Å². The van der Waals surface area contributed by atoms with Crippen LogP contribution in [0.15, 0.2) is 30.3 Å². The fourth-order valence-electron chi connectivity index (χ4n) is 2.16. The van der Waals surface area contributed by atoms with Gasteiger partial charge in [0, 0.05) is 23.8 Å². The first-order valence-corrected chi connectivity index (χ1v) is 8.44. The van der Waals surface area contributed by atoms with Crippen molar-refractivity contribution in [2.45, 2.75) is 27.2 Å². The quantitative estimate of drug-likeness (QED) is 0.805. The molecular weight excluding hydrogens is 324 g/mol.